The number of hydrogen-bond donors (Lipinski definition) is 1. The smallest absolute Gasteiger partial charge is 0.257 e. The molecule has 2 aromatic rings. The number of rotatable bonds is 4. The topological polar surface area (TPSA) is 93.1 Å². The third kappa shape index (κ3) is 3.90. The van der Waals surface area contributed by atoms with Crippen LogP contribution >= 0.6 is 0 Å². The Bertz CT molecular complexity index is 777. The minimum Gasteiger partial charge on any atom is -0.381 e. The number of anilines is 1. The van der Waals surface area contributed by atoms with Crippen molar-refractivity contribution in [3.8, 4) is 0 Å². The zero-order valence-corrected chi connectivity index (χ0v) is 15.5. The Balaban J connectivity index is 1.38. The molecule has 0 radical (unpaired) electrons. The van der Waals surface area contributed by atoms with Gasteiger partial charge in [0.25, 0.3) is 5.91 Å². The van der Waals surface area contributed by atoms with Crippen molar-refractivity contribution >= 4 is 11.9 Å². The van der Waals surface area contributed by atoms with Crippen LogP contribution in [0.25, 0.3) is 0 Å². The maximum Gasteiger partial charge on any atom is 0.257 e. The van der Waals surface area contributed by atoms with Gasteiger partial charge in [0.1, 0.15) is 0 Å². The molecule has 1 N–H and O–H groups in total. The molecule has 0 bridgehead atoms. The molecule has 0 aromatic carbocycles. The van der Waals surface area contributed by atoms with E-state index in [0.29, 0.717) is 11.5 Å². The van der Waals surface area contributed by atoms with Crippen molar-refractivity contribution in [1.82, 2.24) is 25.1 Å². The average Bonchev–Trinajstić information content (AvgIpc) is 3.12. The van der Waals surface area contributed by atoms with E-state index in [2.05, 4.69) is 25.5 Å². The molecule has 2 aliphatic heterocycles. The average molecular weight is 368 g/mol. The van der Waals surface area contributed by atoms with Crippen molar-refractivity contribution in [3.63, 3.8) is 0 Å². The fourth-order valence-corrected chi connectivity index (χ4v) is 3.85. The van der Waals surface area contributed by atoms with Crippen molar-refractivity contribution < 1.29 is 9.53 Å². The standard InChI is InChI=1S/C19H24N6O2/c1-14(15-2-6-22-23-12-15)24-18-20-10-16(11-21-18)17(26)25-7-3-19(13-25)4-8-27-9-5-19/h2,6,10-12,14H,3-5,7-9,13H2,1H3,(H,20,21,24)/t14-/m1/s1. The van der Waals surface area contributed by atoms with Crippen molar-refractivity contribution in [3.05, 3.63) is 42.0 Å². The van der Waals surface area contributed by atoms with Crippen LogP contribution < -0.4 is 5.32 Å². The quantitative estimate of drug-likeness (QED) is 0.883. The number of aromatic nitrogens is 4. The molecule has 2 fully saturated rings. The predicted molar refractivity (Wildman–Crippen MR) is 99.1 cm³/mol. The second kappa shape index (κ2) is 7.56. The van der Waals surface area contributed by atoms with E-state index in [9.17, 15) is 4.79 Å². The maximum absolute atomic E-state index is 12.8. The Morgan fingerprint density at radius 3 is 2.67 bits per heavy atom. The molecule has 27 heavy (non-hydrogen) atoms. The lowest BCUT2D eigenvalue weighted by molar-refractivity contribution is 0.0191. The van der Waals surface area contributed by atoms with Crippen molar-refractivity contribution in [2.45, 2.75) is 32.2 Å². The Kier molecular flexibility index (Phi) is 4.98. The molecule has 2 aromatic heterocycles. The molecule has 2 aliphatic rings. The molecule has 0 saturated carbocycles. The zero-order valence-electron chi connectivity index (χ0n) is 15.5. The molecule has 0 unspecified atom stereocenters. The number of hydrogen-bond acceptors (Lipinski definition) is 7. The largest absolute Gasteiger partial charge is 0.381 e. The second-order valence-corrected chi connectivity index (χ2v) is 7.43. The third-order valence-corrected chi connectivity index (χ3v) is 5.63. The Morgan fingerprint density at radius 2 is 1.96 bits per heavy atom. The van der Waals surface area contributed by atoms with Gasteiger partial charge in [-0.3, -0.25) is 4.79 Å². The van der Waals surface area contributed by atoms with Gasteiger partial charge in [0.15, 0.2) is 0 Å². The van der Waals surface area contributed by atoms with Crippen molar-refractivity contribution in [2.75, 3.05) is 31.6 Å². The molecule has 8 heteroatoms. The van der Waals surface area contributed by atoms with Gasteiger partial charge in [-0.25, -0.2) is 9.97 Å². The summed E-state index contributed by atoms with van der Waals surface area (Å²) in [5.41, 5.74) is 1.76. The van der Waals surface area contributed by atoms with Crippen molar-refractivity contribution in [2.24, 2.45) is 5.41 Å². The summed E-state index contributed by atoms with van der Waals surface area (Å²) >= 11 is 0. The summed E-state index contributed by atoms with van der Waals surface area (Å²) in [4.78, 5) is 23.4. The van der Waals surface area contributed by atoms with Gasteiger partial charge in [0, 0.05) is 44.9 Å². The highest BCUT2D eigenvalue weighted by molar-refractivity contribution is 5.94. The first kappa shape index (κ1) is 17.8. The van der Waals surface area contributed by atoms with Gasteiger partial charge in [-0.1, -0.05) is 0 Å². The summed E-state index contributed by atoms with van der Waals surface area (Å²) in [7, 11) is 0. The van der Waals surface area contributed by atoms with Crippen LogP contribution in [-0.4, -0.2) is 57.3 Å². The molecule has 1 atom stereocenters. The number of ether oxygens (including phenoxy) is 1. The number of carbonyl (C=O) groups is 1. The minimum atomic E-state index is -0.00554. The van der Waals surface area contributed by atoms with E-state index >= 15 is 0 Å². The predicted octanol–water partition coefficient (Wildman–Crippen LogP) is 2.08. The molecule has 4 heterocycles. The van der Waals surface area contributed by atoms with Crippen LogP contribution in [0.1, 0.15) is 48.1 Å². The number of likely N-dealkylation sites (tertiary alicyclic amines) is 1. The van der Waals surface area contributed by atoms with Gasteiger partial charge in [0.2, 0.25) is 5.95 Å². The molecular weight excluding hydrogens is 344 g/mol. The number of amides is 1. The normalized spacial score (nSPS) is 19.8. The van der Waals surface area contributed by atoms with Gasteiger partial charge in [-0.2, -0.15) is 10.2 Å². The lowest BCUT2D eigenvalue weighted by Crippen LogP contribution is -2.35. The lowest BCUT2D eigenvalue weighted by atomic mass is 9.80. The monoisotopic (exact) mass is 368 g/mol. The minimum absolute atomic E-state index is 0.00554. The van der Waals surface area contributed by atoms with Crippen LogP contribution in [0.2, 0.25) is 0 Å². The van der Waals surface area contributed by atoms with Gasteiger partial charge in [-0.15, -0.1) is 0 Å². The van der Waals surface area contributed by atoms with E-state index in [4.69, 9.17) is 4.74 Å². The van der Waals surface area contributed by atoms with Crippen LogP contribution in [0.5, 0.6) is 0 Å². The summed E-state index contributed by atoms with van der Waals surface area (Å²) < 4.78 is 5.48. The van der Waals surface area contributed by atoms with E-state index in [1.54, 1.807) is 24.8 Å². The van der Waals surface area contributed by atoms with Crippen LogP contribution in [0.3, 0.4) is 0 Å². The molecule has 4 rings (SSSR count). The van der Waals surface area contributed by atoms with E-state index < -0.39 is 0 Å². The lowest BCUT2D eigenvalue weighted by Gasteiger charge is -2.33. The van der Waals surface area contributed by atoms with E-state index in [0.717, 1.165) is 51.1 Å². The number of nitrogens with zero attached hydrogens (tertiary/aromatic N) is 5. The highest BCUT2D eigenvalue weighted by Gasteiger charge is 2.41. The van der Waals surface area contributed by atoms with Crippen LogP contribution in [-0.2, 0) is 4.74 Å². The Hall–Kier alpha value is -2.61. The first-order valence-electron chi connectivity index (χ1n) is 9.37. The summed E-state index contributed by atoms with van der Waals surface area (Å²) in [5.74, 6) is 0.495. The molecule has 1 amide bonds. The van der Waals surface area contributed by atoms with Gasteiger partial charge in [0.05, 0.1) is 17.8 Å². The Morgan fingerprint density at radius 1 is 1.19 bits per heavy atom. The molecule has 2 saturated heterocycles. The fraction of sp³-hybridized carbons (Fsp3) is 0.526. The molecule has 142 valence electrons. The second-order valence-electron chi connectivity index (χ2n) is 7.43. The fourth-order valence-electron chi connectivity index (χ4n) is 3.85. The molecular formula is C19H24N6O2. The number of nitrogens with one attached hydrogen (secondary N) is 1. The van der Waals surface area contributed by atoms with Crippen molar-refractivity contribution in [1.29, 1.82) is 0 Å². The first-order valence-corrected chi connectivity index (χ1v) is 9.37. The molecule has 0 aliphatic carbocycles. The van der Waals surface area contributed by atoms with Gasteiger partial charge < -0.3 is 15.0 Å². The van der Waals surface area contributed by atoms with Crippen LogP contribution in [0, 0.1) is 5.41 Å². The Labute approximate surface area is 158 Å². The van der Waals surface area contributed by atoms with E-state index in [1.165, 1.54) is 0 Å². The first-order chi connectivity index (χ1) is 13.2. The zero-order chi connectivity index (χ0) is 18.7. The number of carbonyl (C=O) groups excluding carboxylic acids is 1. The summed E-state index contributed by atoms with van der Waals surface area (Å²) in [6.07, 6.45) is 9.69. The highest BCUT2D eigenvalue weighted by atomic mass is 16.5. The summed E-state index contributed by atoms with van der Waals surface area (Å²) in [6, 6.07) is 1.89. The van der Waals surface area contributed by atoms with E-state index in [1.807, 2.05) is 17.9 Å². The van der Waals surface area contributed by atoms with Gasteiger partial charge in [-0.05, 0) is 43.2 Å². The van der Waals surface area contributed by atoms with Crippen LogP contribution in [0.4, 0.5) is 5.95 Å². The third-order valence-electron chi connectivity index (χ3n) is 5.63. The van der Waals surface area contributed by atoms with E-state index in [-0.39, 0.29) is 17.4 Å². The summed E-state index contributed by atoms with van der Waals surface area (Å²) in [5, 5.41) is 10.9. The molecule has 1 spiro atoms. The van der Waals surface area contributed by atoms with Crippen LogP contribution in [0.15, 0.2) is 30.9 Å². The summed E-state index contributed by atoms with van der Waals surface area (Å²) in [6.45, 7) is 5.20. The van der Waals surface area contributed by atoms with Gasteiger partial charge >= 0.3 is 0 Å². The maximum atomic E-state index is 12.8. The highest BCUT2D eigenvalue weighted by Crippen LogP contribution is 2.40. The SMILES string of the molecule is C[C@@H](Nc1ncc(C(=O)N2CCC3(CCOCC3)C2)cn1)c1ccnnc1. The molecule has 8 nitrogen and oxygen atoms in total.